The quantitative estimate of drug-likeness (QED) is 0.446. The molecule has 0 fully saturated rings. The smallest absolute Gasteiger partial charge is 0.263 e. The summed E-state index contributed by atoms with van der Waals surface area (Å²) in [5.41, 5.74) is 1.98. The number of sulfonamides is 1. The number of carbonyl (C=O) groups is 1. The minimum absolute atomic E-state index is 0.0353. The fourth-order valence-corrected chi connectivity index (χ4v) is 3.97. The van der Waals surface area contributed by atoms with Gasteiger partial charge in [-0.05, 0) is 68.0 Å². The predicted molar refractivity (Wildman–Crippen MR) is 121 cm³/mol. The summed E-state index contributed by atoms with van der Waals surface area (Å²) in [4.78, 5) is 12.3. The number of hydrogen-bond acceptors (Lipinski definition) is 6. The standard InChI is InChI=1S/C19H17BrN4O4S2/c1-11-3-4-13(10-16(11)20)18(25)22-19(29)21-14-5-7-15(8-6-14)30(26,27)24-17-9-12(2)28-23-17/h3-10H,1-2H3,(H,23,24)(H2,21,22,25,29). The molecule has 0 saturated carbocycles. The highest BCUT2D eigenvalue weighted by atomic mass is 79.9. The maximum absolute atomic E-state index is 12.4. The number of benzene rings is 2. The van der Waals surface area contributed by atoms with Crippen LogP contribution in [-0.4, -0.2) is 24.6 Å². The zero-order valence-electron chi connectivity index (χ0n) is 15.9. The Kier molecular flexibility index (Phi) is 6.54. The van der Waals surface area contributed by atoms with Gasteiger partial charge in [-0.1, -0.05) is 27.2 Å². The van der Waals surface area contributed by atoms with Crippen molar-refractivity contribution in [3.05, 3.63) is 69.9 Å². The van der Waals surface area contributed by atoms with Gasteiger partial charge in [0.25, 0.3) is 15.9 Å². The number of carbonyl (C=O) groups excluding carboxylic acids is 1. The van der Waals surface area contributed by atoms with Crippen LogP contribution in [0.4, 0.5) is 11.5 Å². The van der Waals surface area contributed by atoms with Gasteiger partial charge in [-0.25, -0.2) is 8.42 Å². The van der Waals surface area contributed by atoms with Crippen LogP contribution in [0.5, 0.6) is 0 Å². The van der Waals surface area contributed by atoms with Crippen molar-refractivity contribution in [2.75, 3.05) is 10.0 Å². The molecule has 1 aromatic heterocycles. The number of nitrogens with zero attached hydrogens (tertiary/aromatic N) is 1. The fourth-order valence-electron chi connectivity index (χ4n) is 2.40. The van der Waals surface area contributed by atoms with E-state index in [1.807, 2.05) is 13.0 Å². The lowest BCUT2D eigenvalue weighted by Gasteiger charge is -2.11. The zero-order valence-corrected chi connectivity index (χ0v) is 19.1. The number of rotatable bonds is 5. The van der Waals surface area contributed by atoms with E-state index in [9.17, 15) is 13.2 Å². The molecule has 0 bridgehead atoms. The van der Waals surface area contributed by atoms with Crippen LogP contribution in [0.15, 0.2) is 62.4 Å². The monoisotopic (exact) mass is 508 g/mol. The normalized spacial score (nSPS) is 11.0. The van der Waals surface area contributed by atoms with E-state index in [1.54, 1.807) is 19.1 Å². The molecule has 30 heavy (non-hydrogen) atoms. The molecule has 11 heteroatoms. The van der Waals surface area contributed by atoms with E-state index in [-0.39, 0.29) is 21.7 Å². The van der Waals surface area contributed by atoms with Gasteiger partial charge in [-0.3, -0.25) is 14.8 Å². The van der Waals surface area contributed by atoms with Gasteiger partial charge in [0.1, 0.15) is 5.76 Å². The molecule has 1 heterocycles. The Balaban J connectivity index is 1.62. The van der Waals surface area contributed by atoms with E-state index < -0.39 is 10.0 Å². The molecule has 0 atom stereocenters. The number of thiocarbonyl (C=S) groups is 1. The van der Waals surface area contributed by atoms with Crippen LogP contribution in [-0.2, 0) is 10.0 Å². The van der Waals surface area contributed by atoms with E-state index in [1.165, 1.54) is 30.3 Å². The summed E-state index contributed by atoms with van der Waals surface area (Å²) in [7, 11) is -3.82. The third-order valence-corrected chi connectivity index (χ3v) is 6.38. The predicted octanol–water partition coefficient (Wildman–Crippen LogP) is 3.98. The second-order valence-electron chi connectivity index (χ2n) is 6.32. The molecule has 0 unspecified atom stereocenters. The molecule has 0 aliphatic carbocycles. The Morgan fingerprint density at radius 3 is 2.40 bits per heavy atom. The van der Waals surface area contributed by atoms with Gasteiger partial charge in [0, 0.05) is 21.8 Å². The molecule has 0 radical (unpaired) electrons. The van der Waals surface area contributed by atoms with E-state index in [4.69, 9.17) is 16.7 Å². The van der Waals surface area contributed by atoms with Gasteiger partial charge >= 0.3 is 0 Å². The largest absolute Gasteiger partial charge is 0.360 e. The first-order valence-electron chi connectivity index (χ1n) is 8.59. The molecule has 3 aromatic rings. The molecular formula is C19H17BrN4O4S2. The molecule has 2 aromatic carbocycles. The van der Waals surface area contributed by atoms with Crippen LogP contribution >= 0.6 is 28.1 Å². The van der Waals surface area contributed by atoms with Crippen molar-refractivity contribution in [1.82, 2.24) is 10.5 Å². The third kappa shape index (κ3) is 5.43. The maximum atomic E-state index is 12.4. The van der Waals surface area contributed by atoms with Gasteiger partial charge < -0.3 is 9.84 Å². The van der Waals surface area contributed by atoms with Crippen molar-refractivity contribution < 1.29 is 17.7 Å². The lowest BCUT2D eigenvalue weighted by atomic mass is 10.1. The van der Waals surface area contributed by atoms with Crippen molar-refractivity contribution in [3.63, 3.8) is 0 Å². The number of aromatic nitrogens is 1. The summed E-state index contributed by atoms with van der Waals surface area (Å²) in [6, 6.07) is 12.6. The summed E-state index contributed by atoms with van der Waals surface area (Å²) >= 11 is 8.55. The van der Waals surface area contributed by atoms with Crippen LogP contribution in [0.3, 0.4) is 0 Å². The number of aryl methyl sites for hydroxylation is 2. The van der Waals surface area contributed by atoms with Crippen LogP contribution in [0, 0.1) is 13.8 Å². The Morgan fingerprint density at radius 2 is 1.80 bits per heavy atom. The first-order chi connectivity index (χ1) is 14.1. The number of halogens is 1. The minimum Gasteiger partial charge on any atom is -0.360 e. The molecule has 0 aliphatic heterocycles. The minimum atomic E-state index is -3.82. The van der Waals surface area contributed by atoms with Crippen molar-refractivity contribution in [3.8, 4) is 0 Å². The van der Waals surface area contributed by atoms with Gasteiger partial charge in [0.05, 0.1) is 4.90 Å². The highest BCUT2D eigenvalue weighted by molar-refractivity contribution is 9.10. The first kappa shape index (κ1) is 21.9. The molecule has 8 nitrogen and oxygen atoms in total. The average Bonchev–Trinajstić information content (AvgIpc) is 3.08. The average molecular weight is 509 g/mol. The van der Waals surface area contributed by atoms with Gasteiger partial charge in [-0.2, -0.15) is 0 Å². The highest BCUT2D eigenvalue weighted by Gasteiger charge is 2.16. The fraction of sp³-hybridized carbons (Fsp3) is 0.105. The Bertz CT molecular complexity index is 1210. The first-order valence-corrected chi connectivity index (χ1v) is 11.3. The van der Waals surface area contributed by atoms with Crippen molar-refractivity contribution >= 4 is 60.7 Å². The lowest BCUT2D eigenvalue weighted by molar-refractivity contribution is 0.0977. The summed E-state index contributed by atoms with van der Waals surface area (Å²) in [6.45, 7) is 3.58. The highest BCUT2D eigenvalue weighted by Crippen LogP contribution is 2.19. The number of hydrogen-bond donors (Lipinski definition) is 3. The lowest BCUT2D eigenvalue weighted by Crippen LogP contribution is -2.34. The van der Waals surface area contributed by atoms with E-state index in [0.29, 0.717) is 17.0 Å². The van der Waals surface area contributed by atoms with E-state index >= 15 is 0 Å². The number of amides is 1. The van der Waals surface area contributed by atoms with Crippen LogP contribution in [0.2, 0.25) is 0 Å². The van der Waals surface area contributed by atoms with E-state index in [2.05, 4.69) is 36.4 Å². The second-order valence-corrected chi connectivity index (χ2v) is 9.27. The summed E-state index contributed by atoms with van der Waals surface area (Å²) in [5.74, 6) is 0.224. The second kappa shape index (κ2) is 8.94. The molecule has 0 spiro atoms. The summed E-state index contributed by atoms with van der Waals surface area (Å²) < 4.78 is 32.8. The maximum Gasteiger partial charge on any atom is 0.263 e. The summed E-state index contributed by atoms with van der Waals surface area (Å²) in [6.07, 6.45) is 0. The third-order valence-electron chi connectivity index (χ3n) is 3.95. The SMILES string of the molecule is Cc1cc(NS(=O)(=O)c2ccc(NC(=S)NC(=O)c3ccc(C)c(Br)c3)cc2)no1. The van der Waals surface area contributed by atoms with Gasteiger partial charge in [0.15, 0.2) is 10.9 Å². The van der Waals surface area contributed by atoms with Crippen molar-refractivity contribution in [1.29, 1.82) is 0 Å². The molecule has 1 amide bonds. The van der Waals surface area contributed by atoms with Gasteiger partial charge in [0.2, 0.25) is 0 Å². The Labute approximate surface area is 187 Å². The Morgan fingerprint density at radius 1 is 1.10 bits per heavy atom. The van der Waals surface area contributed by atoms with Gasteiger partial charge in [-0.15, -0.1) is 0 Å². The van der Waals surface area contributed by atoms with Crippen LogP contribution in [0.25, 0.3) is 0 Å². The molecule has 0 aliphatic rings. The molecule has 3 rings (SSSR count). The number of nitrogens with one attached hydrogen (secondary N) is 3. The topological polar surface area (TPSA) is 113 Å². The zero-order chi connectivity index (χ0) is 21.9. The molecule has 0 saturated heterocycles. The molecular weight excluding hydrogens is 492 g/mol. The number of anilines is 2. The van der Waals surface area contributed by atoms with E-state index in [0.717, 1.165) is 10.0 Å². The Hall–Kier alpha value is -2.76. The van der Waals surface area contributed by atoms with Crippen LogP contribution in [0.1, 0.15) is 21.7 Å². The van der Waals surface area contributed by atoms with Crippen molar-refractivity contribution in [2.24, 2.45) is 0 Å². The van der Waals surface area contributed by atoms with Crippen molar-refractivity contribution in [2.45, 2.75) is 18.7 Å². The molecule has 156 valence electrons. The summed E-state index contributed by atoms with van der Waals surface area (Å²) in [5, 5.41) is 9.12. The van der Waals surface area contributed by atoms with Crippen LogP contribution < -0.4 is 15.4 Å². The molecule has 3 N–H and O–H groups in total.